The average molecular weight is 263 g/mol. The molecule has 0 aliphatic rings. The standard InChI is InChI=1S/C8H8O3S.C5H5N/c1-2-7-3-5-8(6-4-7)12(9,10)11;1-2-4-6-5-3-1/h2-6H,1H2,(H,9,10,11);1-5H. The van der Waals surface area contributed by atoms with Gasteiger partial charge in [0.15, 0.2) is 0 Å². The van der Waals surface area contributed by atoms with E-state index in [1.165, 1.54) is 12.1 Å². The molecule has 0 atom stereocenters. The number of nitrogens with zero attached hydrogens (tertiary/aromatic N) is 1. The Balaban J connectivity index is 0.000000225. The Kier molecular flexibility index (Phi) is 5.23. The smallest absolute Gasteiger partial charge is 0.282 e. The molecule has 2 aromatic rings. The van der Waals surface area contributed by atoms with Crippen molar-refractivity contribution in [2.45, 2.75) is 4.90 Å². The molecule has 5 heteroatoms. The molecule has 1 heterocycles. The highest BCUT2D eigenvalue weighted by Crippen LogP contribution is 2.10. The summed E-state index contributed by atoms with van der Waals surface area (Å²) in [6, 6.07) is 11.5. The highest BCUT2D eigenvalue weighted by Gasteiger charge is 2.07. The molecule has 0 saturated carbocycles. The van der Waals surface area contributed by atoms with Gasteiger partial charge >= 0.3 is 0 Å². The van der Waals surface area contributed by atoms with Crippen molar-refractivity contribution in [3.63, 3.8) is 0 Å². The lowest BCUT2D eigenvalue weighted by Gasteiger charge is -1.96. The van der Waals surface area contributed by atoms with E-state index in [9.17, 15) is 8.42 Å². The lowest BCUT2D eigenvalue weighted by Crippen LogP contribution is -1.96. The molecule has 0 aliphatic heterocycles. The van der Waals surface area contributed by atoms with Crippen molar-refractivity contribution in [3.05, 3.63) is 67.0 Å². The van der Waals surface area contributed by atoms with E-state index in [1.807, 2.05) is 18.2 Å². The van der Waals surface area contributed by atoms with Gasteiger partial charge in [0.2, 0.25) is 0 Å². The van der Waals surface area contributed by atoms with Crippen molar-refractivity contribution in [1.82, 2.24) is 4.98 Å². The fourth-order valence-electron chi connectivity index (χ4n) is 1.09. The van der Waals surface area contributed by atoms with Gasteiger partial charge in [-0.2, -0.15) is 8.42 Å². The third-order valence-electron chi connectivity index (χ3n) is 1.98. The average Bonchev–Trinajstić information content (AvgIpc) is 2.40. The highest BCUT2D eigenvalue weighted by atomic mass is 32.2. The molecule has 0 aliphatic carbocycles. The Bertz CT molecular complexity index is 551. The normalized spacial score (nSPS) is 10.1. The minimum Gasteiger partial charge on any atom is -0.282 e. The maximum atomic E-state index is 10.6. The Labute approximate surface area is 106 Å². The van der Waals surface area contributed by atoms with Gasteiger partial charge in [-0.3, -0.25) is 9.54 Å². The first-order valence-corrected chi connectivity index (χ1v) is 6.53. The van der Waals surface area contributed by atoms with Gasteiger partial charge in [-0.25, -0.2) is 0 Å². The zero-order valence-corrected chi connectivity index (χ0v) is 10.4. The topological polar surface area (TPSA) is 67.3 Å². The Hall–Kier alpha value is -1.98. The summed E-state index contributed by atoms with van der Waals surface area (Å²) in [6.07, 6.45) is 5.09. The molecule has 2 rings (SSSR count). The first-order valence-electron chi connectivity index (χ1n) is 5.09. The van der Waals surface area contributed by atoms with Crippen LogP contribution in [0, 0.1) is 0 Å². The van der Waals surface area contributed by atoms with E-state index in [0.29, 0.717) is 0 Å². The summed E-state index contributed by atoms with van der Waals surface area (Å²) >= 11 is 0. The van der Waals surface area contributed by atoms with Crippen LogP contribution in [0.15, 0.2) is 66.3 Å². The number of benzene rings is 1. The molecule has 0 amide bonds. The molecule has 0 fully saturated rings. The van der Waals surface area contributed by atoms with Gasteiger partial charge in [-0.05, 0) is 29.8 Å². The monoisotopic (exact) mass is 263 g/mol. The number of pyridine rings is 1. The molecule has 1 aromatic carbocycles. The zero-order chi connectivity index (χ0) is 13.4. The first-order chi connectivity index (χ1) is 8.54. The molecule has 0 radical (unpaired) electrons. The van der Waals surface area contributed by atoms with Gasteiger partial charge in [0.25, 0.3) is 10.1 Å². The van der Waals surface area contributed by atoms with E-state index in [-0.39, 0.29) is 4.90 Å². The Morgan fingerprint density at radius 1 is 1.06 bits per heavy atom. The zero-order valence-electron chi connectivity index (χ0n) is 9.60. The van der Waals surface area contributed by atoms with E-state index in [4.69, 9.17) is 4.55 Å². The summed E-state index contributed by atoms with van der Waals surface area (Å²) < 4.78 is 29.7. The van der Waals surface area contributed by atoms with E-state index < -0.39 is 10.1 Å². The van der Waals surface area contributed by atoms with Crippen molar-refractivity contribution < 1.29 is 13.0 Å². The molecule has 1 aromatic heterocycles. The van der Waals surface area contributed by atoms with Crippen LogP contribution in [0.1, 0.15) is 5.56 Å². The van der Waals surface area contributed by atoms with Crippen LogP contribution in [0.5, 0.6) is 0 Å². The summed E-state index contributed by atoms with van der Waals surface area (Å²) in [7, 11) is -4.06. The lowest BCUT2D eigenvalue weighted by atomic mass is 10.2. The van der Waals surface area contributed by atoms with Crippen molar-refractivity contribution in [3.8, 4) is 0 Å². The largest absolute Gasteiger partial charge is 0.294 e. The van der Waals surface area contributed by atoms with E-state index >= 15 is 0 Å². The maximum Gasteiger partial charge on any atom is 0.294 e. The van der Waals surface area contributed by atoms with Gasteiger partial charge < -0.3 is 0 Å². The van der Waals surface area contributed by atoms with Crippen molar-refractivity contribution in [2.75, 3.05) is 0 Å². The second-order valence-corrected chi connectivity index (χ2v) is 4.69. The van der Waals surface area contributed by atoms with Crippen molar-refractivity contribution in [1.29, 1.82) is 0 Å². The number of aromatic nitrogens is 1. The fourth-order valence-corrected chi connectivity index (χ4v) is 1.57. The third-order valence-corrected chi connectivity index (χ3v) is 2.85. The second kappa shape index (κ2) is 6.68. The molecular weight excluding hydrogens is 250 g/mol. The number of rotatable bonds is 2. The van der Waals surface area contributed by atoms with Crippen LogP contribution in [0.3, 0.4) is 0 Å². The highest BCUT2D eigenvalue weighted by molar-refractivity contribution is 7.85. The van der Waals surface area contributed by atoms with E-state index in [2.05, 4.69) is 11.6 Å². The Morgan fingerprint density at radius 3 is 1.89 bits per heavy atom. The Morgan fingerprint density at radius 2 is 1.61 bits per heavy atom. The molecule has 18 heavy (non-hydrogen) atoms. The summed E-state index contributed by atoms with van der Waals surface area (Å²) in [4.78, 5) is 3.68. The molecule has 94 valence electrons. The SMILES string of the molecule is C=Cc1ccc(S(=O)(=O)O)cc1.c1ccncc1. The van der Waals surface area contributed by atoms with E-state index in [1.54, 1.807) is 30.6 Å². The molecule has 0 saturated heterocycles. The van der Waals surface area contributed by atoms with Gasteiger partial charge in [0.05, 0.1) is 4.90 Å². The molecule has 0 spiro atoms. The van der Waals surface area contributed by atoms with Crippen molar-refractivity contribution >= 4 is 16.2 Å². The van der Waals surface area contributed by atoms with Crippen LogP contribution < -0.4 is 0 Å². The molecule has 0 bridgehead atoms. The van der Waals surface area contributed by atoms with Crippen LogP contribution in [-0.2, 0) is 10.1 Å². The predicted molar refractivity (Wildman–Crippen MR) is 70.6 cm³/mol. The minimum atomic E-state index is -4.06. The van der Waals surface area contributed by atoms with Crippen LogP contribution in [0.4, 0.5) is 0 Å². The van der Waals surface area contributed by atoms with Crippen LogP contribution in [0.25, 0.3) is 6.08 Å². The molecular formula is C13H13NO3S. The molecule has 4 nitrogen and oxygen atoms in total. The summed E-state index contributed by atoms with van der Waals surface area (Å²) in [6.45, 7) is 3.51. The van der Waals surface area contributed by atoms with Crippen LogP contribution >= 0.6 is 0 Å². The number of hydrogen-bond acceptors (Lipinski definition) is 3. The van der Waals surface area contributed by atoms with Crippen LogP contribution in [-0.4, -0.2) is 18.0 Å². The minimum absolute atomic E-state index is 0.104. The summed E-state index contributed by atoms with van der Waals surface area (Å²) in [5.41, 5.74) is 0.808. The predicted octanol–water partition coefficient (Wildman–Crippen LogP) is 2.66. The second-order valence-electron chi connectivity index (χ2n) is 3.27. The molecule has 1 N–H and O–H groups in total. The first kappa shape index (κ1) is 14.1. The lowest BCUT2D eigenvalue weighted by molar-refractivity contribution is 0.483. The van der Waals surface area contributed by atoms with Gasteiger partial charge in [0.1, 0.15) is 0 Å². The fraction of sp³-hybridized carbons (Fsp3) is 0. The van der Waals surface area contributed by atoms with Crippen LogP contribution in [0.2, 0.25) is 0 Å². The molecule has 0 unspecified atom stereocenters. The van der Waals surface area contributed by atoms with E-state index in [0.717, 1.165) is 5.56 Å². The van der Waals surface area contributed by atoms with Gasteiger partial charge in [-0.15, -0.1) is 0 Å². The quantitative estimate of drug-likeness (QED) is 0.846. The number of hydrogen-bond donors (Lipinski definition) is 1. The van der Waals surface area contributed by atoms with Crippen molar-refractivity contribution in [2.24, 2.45) is 0 Å². The maximum absolute atomic E-state index is 10.6. The summed E-state index contributed by atoms with van der Waals surface area (Å²) in [5.74, 6) is 0. The summed E-state index contributed by atoms with van der Waals surface area (Å²) in [5, 5.41) is 0. The van der Waals surface area contributed by atoms with Gasteiger partial charge in [0, 0.05) is 12.4 Å². The van der Waals surface area contributed by atoms with Gasteiger partial charge in [-0.1, -0.05) is 30.9 Å². The third kappa shape index (κ3) is 4.90.